The van der Waals surface area contributed by atoms with Gasteiger partial charge < -0.3 is 11.6 Å². The van der Waals surface area contributed by atoms with E-state index in [9.17, 15) is 4.79 Å². The fourth-order valence-corrected chi connectivity index (χ4v) is 0.857. The molecule has 2 aromatic rings. The molecule has 0 bridgehead atoms. The first-order chi connectivity index (χ1) is 5.68. The molecule has 0 amide bonds. The number of aromatic nitrogens is 5. The monoisotopic (exact) mass is 167 g/mol. The van der Waals surface area contributed by atoms with Crippen LogP contribution in [0.2, 0.25) is 0 Å². The van der Waals surface area contributed by atoms with Gasteiger partial charge in [-0.25, -0.2) is 0 Å². The van der Waals surface area contributed by atoms with Gasteiger partial charge in [0.2, 0.25) is 11.6 Å². The summed E-state index contributed by atoms with van der Waals surface area (Å²) in [6.45, 7) is 0. The molecule has 0 saturated carbocycles. The van der Waals surface area contributed by atoms with Crippen LogP contribution in [0.5, 0.6) is 0 Å². The Morgan fingerprint density at radius 2 is 2.25 bits per heavy atom. The Balaban J connectivity index is 3.03. The summed E-state index contributed by atoms with van der Waals surface area (Å²) in [7, 11) is 0. The second-order valence-electron chi connectivity index (χ2n) is 2.16. The third kappa shape index (κ3) is 0.713. The molecular weight excluding hydrogens is 162 g/mol. The van der Waals surface area contributed by atoms with Gasteiger partial charge in [-0.05, 0) is 5.21 Å². The highest BCUT2D eigenvalue weighted by molar-refractivity contribution is 5.69. The normalized spacial score (nSPS) is 10.7. The number of anilines is 1. The van der Waals surface area contributed by atoms with E-state index in [1.807, 2.05) is 0 Å². The highest BCUT2D eigenvalue weighted by atomic mass is 16.1. The van der Waals surface area contributed by atoms with Gasteiger partial charge in [-0.2, -0.15) is 4.98 Å². The molecule has 0 aliphatic rings. The van der Waals surface area contributed by atoms with Gasteiger partial charge >= 0.3 is 0 Å². The first-order valence-corrected chi connectivity index (χ1v) is 3.05. The molecule has 5 N–H and O–H groups in total. The number of aromatic amines is 1. The van der Waals surface area contributed by atoms with E-state index in [4.69, 9.17) is 11.6 Å². The average Bonchev–Trinajstić information content (AvgIpc) is 2.33. The van der Waals surface area contributed by atoms with Crippen molar-refractivity contribution >= 4 is 17.1 Å². The average molecular weight is 167 g/mol. The smallest absolute Gasteiger partial charge is 0.282 e. The maximum absolute atomic E-state index is 11.1. The molecule has 0 aromatic carbocycles. The summed E-state index contributed by atoms with van der Waals surface area (Å²) in [6.07, 6.45) is 0. The largest absolute Gasteiger partial charge is 0.369 e. The van der Waals surface area contributed by atoms with E-state index in [1.165, 1.54) is 0 Å². The molecule has 0 aliphatic heterocycles. The van der Waals surface area contributed by atoms with Gasteiger partial charge in [-0.1, -0.05) is 0 Å². The number of nitrogens with one attached hydrogen (secondary N) is 1. The number of hydrogen-bond donors (Lipinski definition) is 3. The molecule has 0 unspecified atom stereocenters. The second kappa shape index (κ2) is 1.94. The predicted octanol–water partition coefficient (Wildman–Crippen LogP) is -2.19. The Morgan fingerprint density at radius 1 is 1.50 bits per heavy atom. The number of nitrogens with two attached hydrogens (primary N) is 2. The van der Waals surface area contributed by atoms with E-state index in [1.54, 1.807) is 0 Å². The van der Waals surface area contributed by atoms with Crippen molar-refractivity contribution in [2.75, 3.05) is 11.6 Å². The summed E-state index contributed by atoms with van der Waals surface area (Å²) < 4.78 is 0. The van der Waals surface area contributed by atoms with Crippen LogP contribution in [0.3, 0.4) is 0 Å². The lowest BCUT2D eigenvalue weighted by Gasteiger charge is -1.91. The molecule has 2 heterocycles. The van der Waals surface area contributed by atoms with E-state index in [0.717, 1.165) is 4.79 Å². The van der Waals surface area contributed by atoms with E-state index < -0.39 is 5.56 Å². The highest BCUT2D eigenvalue weighted by Gasteiger charge is 2.07. The third-order valence-electron chi connectivity index (χ3n) is 1.35. The summed E-state index contributed by atoms with van der Waals surface area (Å²) in [5.41, 5.74) is 5.05. The first kappa shape index (κ1) is 6.58. The molecule has 2 rings (SSSR count). The highest BCUT2D eigenvalue weighted by Crippen LogP contribution is 1.99. The molecule has 8 nitrogen and oxygen atoms in total. The lowest BCUT2D eigenvalue weighted by Crippen LogP contribution is -2.15. The van der Waals surface area contributed by atoms with Crippen molar-refractivity contribution in [3.05, 3.63) is 10.4 Å². The van der Waals surface area contributed by atoms with Crippen molar-refractivity contribution < 1.29 is 0 Å². The molecule has 0 saturated heterocycles. The lowest BCUT2D eigenvalue weighted by atomic mass is 10.5. The minimum atomic E-state index is -0.450. The van der Waals surface area contributed by atoms with Gasteiger partial charge in [-0.15, -0.1) is 9.89 Å². The van der Waals surface area contributed by atoms with Crippen LogP contribution in [0.25, 0.3) is 11.2 Å². The first-order valence-electron chi connectivity index (χ1n) is 3.05. The Hall–Kier alpha value is -2.12. The van der Waals surface area contributed by atoms with Crippen LogP contribution in [-0.4, -0.2) is 25.1 Å². The predicted molar refractivity (Wildman–Crippen MR) is 40.5 cm³/mol. The zero-order chi connectivity index (χ0) is 8.72. The number of H-pyrrole nitrogens is 1. The fourth-order valence-electron chi connectivity index (χ4n) is 0.857. The second-order valence-corrected chi connectivity index (χ2v) is 2.16. The molecule has 0 aliphatic carbocycles. The fraction of sp³-hybridized carbons (Fsp3) is 0. The molecule has 62 valence electrons. The van der Waals surface area contributed by atoms with Gasteiger partial charge in [0.15, 0.2) is 5.52 Å². The molecule has 12 heavy (non-hydrogen) atoms. The van der Waals surface area contributed by atoms with Crippen molar-refractivity contribution in [2.24, 2.45) is 0 Å². The summed E-state index contributed by atoms with van der Waals surface area (Å²) in [5.74, 6) is 5.27. The van der Waals surface area contributed by atoms with Gasteiger partial charge in [0.1, 0.15) is 0 Å². The van der Waals surface area contributed by atoms with Gasteiger partial charge in [-0.3, -0.25) is 9.78 Å². The molecule has 2 aromatic heterocycles. The molecule has 0 radical (unpaired) electrons. The maximum Gasteiger partial charge on any atom is 0.282 e. The Bertz CT molecular complexity index is 482. The quantitative estimate of drug-likeness (QED) is 0.382. The van der Waals surface area contributed by atoms with Crippen LogP contribution in [-0.2, 0) is 0 Å². The minimum Gasteiger partial charge on any atom is -0.369 e. The number of hydrogen-bond acceptors (Lipinski definition) is 6. The van der Waals surface area contributed by atoms with E-state index in [0.29, 0.717) is 0 Å². The zero-order valence-corrected chi connectivity index (χ0v) is 5.85. The summed E-state index contributed by atoms with van der Waals surface area (Å²) in [5, 5.41) is 6.89. The molecule has 0 atom stereocenters. The Kier molecular flexibility index (Phi) is 1.06. The molecule has 0 fully saturated rings. The van der Waals surface area contributed by atoms with Crippen molar-refractivity contribution in [1.29, 1.82) is 0 Å². The van der Waals surface area contributed by atoms with Gasteiger partial charge in [0.25, 0.3) is 5.56 Å². The summed E-state index contributed by atoms with van der Waals surface area (Å²) >= 11 is 0. The maximum atomic E-state index is 11.1. The molecular formula is C4H5N7O. The van der Waals surface area contributed by atoms with Crippen molar-refractivity contribution in [1.82, 2.24) is 25.1 Å². The topological polar surface area (TPSA) is 128 Å². The number of nitrogen functional groups attached to an aromatic ring is 2. The number of nitrogens with zero attached hydrogens (tertiary/aromatic N) is 4. The van der Waals surface area contributed by atoms with Crippen LogP contribution >= 0.6 is 0 Å². The third-order valence-corrected chi connectivity index (χ3v) is 1.35. The van der Waals surface area contributed by atoms with E-state index >= 15 is 0 Å². The number of rotatable bonds is 0. The molecule has 8 heteroatoms. The SMILES string of the molecule is Nc1nc2c(nnn2N)c(=O)[nH]1. The van der Waals surface area contributed by atoms with Crippen LogP contribution in [0, 0.1) is 0 Å². The van der Waals surface area contributed by atoms with Crippen molar-refractivity contribution in [3.63, 3.8) is 0 Å². The Labute approximate surface area is 65.2 Å². The van der Waals surface area contributed by atoms with E-state index in [-0.39, 0.29) is 17.1 Å². The minimum absolute atomic E-state index is 0.0125. The standard InChI is InChI=1S/C4H5N7O/c5-4-7-2-1(3(12)8-4)9-10-11(2)6/h6H2,(H3,5,7,8,12). The zero-order valence-electron chi connectivity index (χ0n) is 5.85. The lowest BCUT2D eigenvalue weighted by molar-refractivity contribution is 0.780. The van der Waals surface area contributed by atoms with Crippen LogP contribution in [0.1, 0.15) is 0 Å². The summed E-state index contributed by atoms with van der Waals surface area (Å²) in [6, 6.07) is 0. The van der Waals surface area contributed by atoms with Crippen molar-refractivity contribution in [2.45, 2.75) is 0 Å². The number of fused-ring (bicyclic) bond motifs is 1. The van der Waals surface area contributed by atoms with Gasteiger partial charge in [0, 0.05) is 0 Å². The van der Waals surface area contributed by atoms with Crippen molar-refractivity contribution in [3.8, 4) is 0 Å². The Morgan fingerprint density at radius 3 is 3.00 bits per heavy atom. The van der Waals surface area contributed by atoms with Crippen LogP contribution < -0.4 is 17.1 Å². The van der Waals surface area contributed by atoms with Gasteiger partial charge in [0.05, 0.1) is 0 Å². The van der Waals surface area contributed by atoms with Crippen LogP contribution in [0.15, 0.2) is 4.79 Å². The van der Waals surface area contributed by atoms with E-state index in [2.05, 4.69) is 20.3 Å². The molecule has 0 spiro atoms. The van der Waals surface area contributed by atoms with Crippen LogP contribution in [0.4, 0.5) is 5.95 Å². The summed E-state index contributed by atoms with van der Waals surface area (Å²) in [4.78, 5) is 18.0.